The van der Waals surface area contributed by atoms with Crippen molar-refractivity contribution in [1.29, 1.82) is 0 Å². The Bertz CT molecular complexity index is 376. The van der Waals surface area contributed by atoms with E-state index in [2.05, 4.69) is 29.3 Å². The van der Waals surface area contributed by atoms with E-state index in [0.717, 1.165) is 13.0 Å². The van der Waals surface area contributed by atoms with Crippen LogP contribution in [-0.2, 0) is 15.9 Å². The Morgan fingerprint density at radius 2 is 1.89 bits per heavy atom. The first-order valence-electron chi connectivity index (χ1n) is 6.63. The van der Waals surface area contributed by atoms with Crippen LogP contribution in [0.15, 0.2) is 4.52 Å². The van der Waals surface area contributed by atoms with Gasteiger partial charge >= 0.3 is 0 Å². The zero-order valence-electron chi connectivity index (χ0n) is 12.3. The molecule has 0 aliphatic heterocycles. The summed E-state index contributed by atoms with van der Waals surface area (Å²) in [6.45, 7) is 13.6. The molecule has 0 saturated carbocycles. The maximum absolute atomic E-state index is 5.75. The highest BCUT2D eigenvalue weighted by Gasteiger charge is 2.34. The molecule has 0 fully saturated rings. The quantitative estimate of drug-likeness (QED) is 0.811. The fourth-order valence-corrected chi connectivity index (χ4v) is 1.85. The molecule has 1 atom stereocenters. The third-order valence-corrected chi connectivity index (χ3v) is 3.19. The van der Waals surface area contributed by atoms with Crippen LogP contribution < -0.4 is 5.32 Å². The first-order chi connectivity index (χ1) is 8.39. The minimum atomic E-state index is -0.473. The van der Waals surface area contributed by atoms with E-state index in [1.165, 1.54) is 0 Å². The summed E-state index contributed by atoms with van der Waals surface area (Å²) in [7, 11) is 0. The second-order valence-electron chi connectivity index (χ2n) is 5.10. The average molecular weight is 255 g/mol. The van der Waals surface area contributed by atoms with E-state index in [-0.39, 0.29) is 5.54 Å². The van der Waals surface area contributed by atoms with E-state index in [0.29, 0.717) is 18.3 Å². The first-order valence-corrected chi connectivity index (χ1v) is 6.63. The highest BCUT2D eigenvalue weighted by atomic mass is 16.5. The van der Waals surface area contributed by atoms with Gasteiger partial charge in [-0.2, -0.15) is 4.98 Å². The molecule has 18 heavy (non-hydrogen) atoms. The maximum Gasteiger partial charge on any atom is 0.246 e. The van der Waals surface area contributed by atoms with Crippen LogP contribution in [0.4, 0.5) is 0 Å². The largest absolute Gasteiger partial charge is 0.367 e. The van der Waals surface area contributed by atoms with Crippen molar-refractivity contribution in [3.63, 3.8) is 0 Å². The Hall–Kier alpha value is -0.940. The van der Waals surface area contributed by atoms with E-state index in [1.807, 2.05) is 27.7 Å². The summed E-state index contributed by atoms with van der Waals surface area (Å²) in [5.74, 6) is 1.21. The second-order valence-corrected chi connectivity index (χ2v) is 5.10. The molecular weight excluding hydrogens is 230 g/mol. The van der Waals surface area contributed by atoms with Crippen molar-refractivity contribution in [1.82, 2.24) is 15.5 Å². The van der Waals surface area contributed by atoms with E-state index < -0.39 is 5.60 Å². The fourth-order valence-electron chi connectivity index (χ4n) is 1.85. The predicted octanol–water partition coefficient (Wildman–Crippen LogP) is 2.58. The van der Waals surface area contributed by atoms with Crippen molar-refractivity contribution in [2.24, 2.45) is 0 Å². The van der Waals surface area contributed by atoms with Crippen LogP contribution in [-0.4, -0.2) is 23.3 Å². The molecule has 1 unspecified atom stereocenters. The summed E-state index contributed by atoms with van der Waals surface area (Å²) in [6, 6.07) is 0. The van der Waals surface area contributed by atoms with Crippen molar-refractivity contribution in [3.8, 4) is 0 Å². The van der Waals surface area contributed by atoms with Crippen molar-refractivity contribution >= 4 is 0 Å². The van der Waals surface area contributed by atoms with Crippen LogP contribution in [0.25, 0.3) is 0 Å². The van der Waals surface area contributed by atoms with Gasteiger partial charge in [0.05, 0.1) is 5.54 Å². The monoisotopic (exact) mass is 255 g/mol. The van der Waals surface area contributed by atoms with Gasteiger partial charge in [-0.25, -0.2) is 0 Å². The van der Waals surface area contributed by atoms with E-state index >= 15 is 0 Å². The number of hydrogen-bond acceptors (Lipinski definition) is 5. The molecule has 0 radical (unpaired) electrons. The minimum Gasteiger partial charge on any atom is -0.367 e. The number of nitrogens with one attached hydrogen (secondary N) is 1. The molecule has 5 nitrogen and oxygen atoms in total. The Labute approximate surface area is 109 Å². The molecule has 5 heteroatoms. The van der Waals surface area contributed by atoms with Crippen LogP contribution in [0.5, 0.6) is 0 Å². The Morgan fingerprint density at radius 3 is 2.39 bits per heavy atom. The molecule has 0 amide bonds. The SMILES string of the molecule is CCNC(C)(C)c1nc(C(C)(CC)OCC)no1. The Morgan fingerprint density at radius 1 is 1.22 bits per heavy atom. The van der Waals surface area contributed by atoms with Crippen LogP contribution in [0, 0.1) is 0 Å². The molecule has 0 saturated heterocycles. The average Bonchev–Trinajstić information content (AvgIpc) is 2.79. The molecule has 1 aromatic heterocycles. The van der Waals surface area contributed by atoms with Gasteiger partial charge in [-0.05, 0) is 40.7 Å². The number of ether oxygens (including phenoxy) is 1. The van der Waals surface area contributed by atoms with Crippen LogP contribution >= 0.6 is 0 Å². The van der Waals surface area contributed by atoms with Gasteiger partial charge < -0.3 is 14.6 Å². The van der Waals surface area contributed by atoms with Gasteiger partial charge in [0.2, 0.25) is 11.7 Å². The summed E-state index contributed by atoms with van der Waals surface area (Å²) < 4.78 is 11.1. The van der Waals surface area contributed by atoms with Crippen LogP contribution in [0.3, 0.4) is 0 Å². The molecular formula is C13H25N3O2. The van der Waals surface area contributed by atoms with Gasteiger partial charge in [0, 0.05) is 6.61 Å². The van der Waals surface area contributed by atoms with Gasteiger partial charge in [-0.3, -0.25) is 0 Å². The Balaban J connectivity index is 2.98. The Kier molecular flexibility index (Phi) is 4.87. The van der Waals surface area contributed by atoms with Gasteiger partial charge in [0.15, 0.2) is 0 Å². The lowest BCUT2D eigenvalue weighted by Gasteiger charge is -2.24. The number of nitrogens with zero attached hydrogens (tertiary/aromatic N) is 2. The van der Waals surface area contributed by atoms with E-state index in [9.17, 15) is 0 Å². The lowest BCUT2D eigenvalue weighted by Crippen LogP contribution is -2.37. The third kappa shape index (κ3) is 3.09. The molecule has 1 aromatic rings. The topological polar surface area (TPSA) is 60.2 Å². The number of rotatable bonds is 7. The number of hydrogen-bond donors (Lipinski definition) is 1. The van der Waals surface area contributed by atoms with Gasteiger partial charge in [0.25, 0.3) is 0 Å². The zero-order valence-corrected chi connectivity index (χ0v) is 12.3. The smallest absolute Gasteiger partial charge is 0.246 e. The normalized spacial score (nSPS) is 15.7. The maximum atomic E-state index is 5.75. The van der Waals surface area contributed by atoms with E-state index in [1.54, 1.807) is 0 Å². The van der Waals surface area contributed by atoms with Gasteiger partial charge in [-0.15, -0.1) is 0 Å². The fraction of sp³-hybridized carbons (Fsp3) is 0.846. The van der Waals surface area contributed by atoms with Gasteiger partial charge in [-0.1, -0.05) is 19.0 Å². The molecule has 1 rings (SSSR count). The van der Waals surface area contributed by atoms with Crippen LogP contribution in [0.1, 0.15) is 59.7 Å². The van der Waals surface area contributed by atoms with E-state index in [4.69, 9.17) is 9.26 Å². The zero-order chi connectivity index (χ0) is 13.8. The molecule has 1 N–H and O–H groups in total. The summed E-state index contributed by atoms with van der Waals surface area (Å²) in [5.41, 5.74) is -0.792. The predicted molar refractivity (Wildman–Crippen MR) is 70.3 cm³/mol. The lowest BCUT2D eigenvalue weighted by molar-refractivity contribution is -0.0403. The lowest BCUT2D eigenvalue weighted by atomic mass is 10.0. The van der Waals surface area contributed by atoms with Crippen LogP contribution in [0.2, 0.25) is 0 Å². The summed E-state index contributed by atoms with van der Waals surface area (Å²) >= 11 is 0. The van der Waals surface area contributed by atoms with Crippen molar-refractivity contribution in [2.45, 2.75) is 59.1 Å². The highest BCUT2D eigenvalue weighted by molar-refractivity contribution is 5.04. The first kappa shape index (κ1) is 15.1. The standard InChI is InChI=1S/C13H25N3O2/c1-7-13(6,17-9-3)10-15-11(18-16-10)12(4,5)14-8-2/h14H,7-9H2,1-6H3. The summed E-state index contributed by atoms with van der Waals surface area (Å²) in [5, 5.41) is 7.39. The van der Waals surface area contributed by atoms with Crippen molar-refractivity contribution in [3.05, 3.63) is 11.7 Å². The molecule has 0 aliphatic carbocycles. The highest BCUT2D eigenvalue weighted by Crippen LogP contribution is 2.28. The summed E-state index contributed by atoms with van der Waals surface area (Å²) in [6.07, 6.45) is 0.807. The summed E-state index contributed by atoms with van der Waals surface area (Å²) in [4.78, 5) is 4.50. The third-order valence-electron chi connectivity index (χ3n) is 3.19. The second kappa shape index (κ2) is 5.80. The molecule has 1 heterocycles. The molecule has 0 aromatic carbocycles. The molecule has 0 bridgehead atoms. The van der Waals surface area contributed by atoms with Crippen molar-refractivity contribution in [2.75, 3.05) is 13.2 Å². The minimum absolute atomic E-state index is 0.319. The van der Waals surface area contributed by atoms with Gasteiger partial charge in [0.1, 0.15) is 5.60 Å². The molecule has 0 spiro atoms. The van der Waals surface area contributed by atoms with Crippen molar-refractivity contribution < 1.29 is 9.26 Å². The molecule has 0 aliphatic rings. The number of aromatic nitrogens is 2. The molecule has 104 valence electrons.